The molecule has 0 aromatic carbocycles. The number of halogens is 1. The van der Waals surface area contributed by atoms with Gasteiger partial charge in [0.2, 0.25) is 0 Å². The molecule has 1 unspecified atom stereocenters. The smallest absolute Gasteiger partial charge is 0.410 e. The summed E-state index contributed by atoms with van der Waals surface area (Å²) in [6.45, 7) is 10.0. The minimum Gasteiger partial charge on any atom is -0.444 e. The molecular formula is C20H28ClN3O5S. The molecule has 2 aromatic rings. The van der Waals surface area contributed by atoms with Gasteiger partial charge < -0.3 is 24.3 Å². The normalized spacial score (nSPS) is 16.6. The lowest BCUT2D eigenvalue weighted by Crippen LogP contribution is -2.51. The Morgan fingerprint density at radius 3 is 2.63 bits per heavy atom. The van der Waals surface area contributed by atoms with Crippen LogP contribution in [0.15, 0.2) is 17.1 Å². The van der Waals surface area contributed by atoms with E-state index in [0.717, 1.165) is 0 Å². The number of nitrogens with one attached hydrogen (secondary N) is 1. The van der Waals surface area contributed by atoms with E-state index >= 15 is 0 Å². The standard InChI is InChI=1S/C18H22ClN3O5S.C2H6/c1-18(2,3)27-17(25)22-5-6-26-12(9-22)15(23)20-13-7-10-14(28-13)11(19)8-21(4)16(10)24;1-2/h7-8,12H,5-6,9H2,1-4H3,(H,20,23);1-2H3. The summed E-state index contributed by atoms with van der Waals surface area (Å²) in [4.78, 5) is 38.5. The van der Waals surface area contributed by atoms with Gasteiger partial charge >= 0.3 is 6.09 Å². The van der Waals surface area contributed by atoms with E-state index in [4.69, 9.17) is 21.1 Å². The number of morpholine rings is 1. The number of hydrogen-bond donors (Lipinski definition) is 1. The number of carbonyl (C=O) groups is 2. The summed E-state index contributed by atoms with van der Waals surface area (Å²) in [5, 5.41) is 4.12. The lowest BCUT2D eigenvalue weighted by atomic mass is 10.2. The van der Waals surface area contributed by atoms with E-state index in [1.54, 1.807) is 33.9 Å². The zero-order valence-corrected chi connectivity index (χ0v) is 19.6. The number of amides is 2. The number of rotatable bonds is 2. The molecule has 2 aromatic heterocycles. The van der Waals surface area contributed by atoms with Gasteiger partial charge in [-0.3, -0.25) is 9.59 Å². The molecule has 1 aliphatic rings. The number of hydrogen-bond acceptors (Lipinski definition) is 6. The number of fused-ring (bicyclic) bond motifs is 1. The Morgan fingerprint density at radius 1 is 1.33 bits per heavy atom. The topological polar surface area (TPSA) is 89.9 Å². The number of aryl methyl sites for hydroxylation is 1. The average Bonchev–Trinajstić information content (AvgIpc) is 3.11. The van der Waals surface area contributed by atoms with Crippen molar-refractivity contribution in [2.75, 3.05) is 25.0 Å². The predicted octanol–water partition coefficient (Wildman–Crippen LogP) is 3.85. The van der Waals surface area contributed by atoms with Crippen LogP contribution in [0.3, 0.4) is 0 Å². The zero-order valence-electron chi connectivity index (χ0n) is 18.1. The quantitative estimate of drug-likeness (QED) is 0.739. The summed E-state index contributed by atoms with van der Waals surface area (Å²) >= 11 is 7.41. The van der Waals surface area contributed by atoms with Crippen molar-refractivity contribution in [3.05, 3.63) is 27.6 Å². The molecule has 0 bridgehead atoms. The number of carbonyl (C=O) groups excluding carboxylic acids is 2. The van der Waals surface area contributed by atoms with Crippen LogP contribution in [0.1, 0.15) is 34.6 Å². The summed E-state index contributed by atoms with van der Waals surface area (Å²) in [7, 11) is 1.62. The van der Waals surface area contributed by atoms with Crippen molar-refractivity contribution < 1.29 is 19.1 Å². The minimum absolute atomic E-state index is 0.0914. The monoisotopic (exact) mass is 457 g/mol. The Balaban J connectivity index is 0.00000155. The zero-order chi connectivity index (χ0) is 22.6. The molecule has 3 rings (SSSR count). The Labute approximate surface area is 184 Å². The van der Waals surface area contributed by atoms with Gasteiger partial charge in [0.1, 0.15) is 5.60 Å². The molecule has 1 N–H and O–H groups in total. The summed E-state index contributed by atoms with van der Waals surface area (Å²) < 4.78 is 12.9. The summed E-state index contributed by atoms with van der Waals surface area (Å²) in [5.74, 6) is -0.396. The van der Waals surface area contributed by atoms with Gasteiger partial charge in [0.15, 0.2) is 6.10 Å². The van der Waals surface area contributed by atoms with Gasteiger partial charge in [0, 0.05) is 19.8 Å². The molecule has 0 radical (unpaired) electrons. The lowest BCUT2D eigenvalue weighted by molar-refractivity contribution is -0.132. The third-order valence-corrected chi connectivity index (χ3v) is 5.55. The number of ether oxygens (including phenoxy) is 2. The van der Waals surface area contributed by atoms with Gasteiger partial charge in [-0.1, -0.05) is 25.4 Å². The fourth-order valence-electron chi connectivity index (χ4n) is 2.77. The Kier molecular flexibility index (Phi) is 7.90. The van der Waals surface area contributed by atoms with E-state index < -0.39 is 23.7 Å². The average molecular weight is 458 g/mol. The van der Waals surface area contributed by atoms with E-state index in [9.17, 15) is 14.4 Å². The van der Waals surface area contributed by atoms with Crippen LogP contribution in [-0.4, -0.2) is 52.9 Å². The maximum absolute atomic E-state index is 12.6. The highest BCUT2D eigenvalue weighted by atomic mass is 35.5. The van der Waals surface area contributed by atoms with Crippen molar-refractivity contribution in [1.29, 1.82) is 0 Å². The van der Waals surface area contributed by atoms with Crippen LogP contribution in [0.2, 0.25) is 5.02 Å². The molecule has 0 aliphatic carbocycles. The van der Waals surface area contributed by atoms with Crippen LogP contribution < -0.4 is 10.9 Å². The second-order valence-corrected chi connectivity index (χ2v) is 8.98. The molecule has 166 valence electrons. The van der Waals surface area contributed by atoms with Gasteiger partial charge in [-0.2, -0.15) is 0 Å². The summed E-state index contributed by atoms with van der Waals surface area (Å²) in [6, 6.07) is 1.60. The van der Waals surface area contributed by atoms with E-state index in [-0.39, 0.29) is 18.7 Å². The van der Waals surface area contributed by atoms with Crippen LogP contribution in [0.4, 0.5) is 9.80 Å². The third-order valence-electron chi connectivity index (χ3n) is 4.06. The molecule has 1 atom stereocenters. The van der Waals surface area contributed by atoms with Crippen LogP contribution in [-0.2, 0) is 21.3 Å². The van der Waals surface area contributed by atoms with Crippen molar-refractivity contribution in [3.8, 4) is 0 Å². The Hall–Kier alpha value is -2.10. The molecule has 2 amide bonds. The highest BCUT2D eigenvalue weighted by molar-refractivity contribution is 7.23. The number of nitrogens with zero attached hydrogens (tertiary/aromatic N) is 2. The summed E-state index contributed by atoms with van der Waals surface area (Å²) in [6.07, 6.45) is 0.229. The van der Waals surface area contributed by atoms with Crippen molar-refractivity contribution in [2.45, 2.75) is 46.3 Å². The van der Waals surface area contributed by atoms with Gasteiger partial charge in [0.05, 0.1) is 33.3 Å². The van der Waals surface area contributed by atoms with Crippen molar-refractivity contribution in [2.24, 2.45) is 7.05 Å². The molecule has 10 heteroatoms. The lowest BCUT2D eigenvalue weighted by Gasteiger charge is -2.33. The first-order chi connectivity index (χ1) is 14.0. The van der Waals surface area contributed by atoms with Crippen LogP contribution >= 0.6 is 22.9 Å². The second-order valence-electron chi connectivity index (χ2n) is 7.52. The summed E-state index contributed by atoms with van der Waals surface area (Å²) in [5.41, 5.74) is -0.809. The molecule has 1 aliphatic heterocycles. The fraction of sp³-hybridized carbons (Fsp3) is 0.550. The van der Waals surface area contributed by atoms with E-state index in [1.807, 2.05) is 13.8 Å². The molecule has 3 heterocycles. The highest BCUT2D eigenvalue weighted by Gasteiger charge is 2.32. The van der Waals surface area contributed by atoms with E-state index in [2.05, 4.69) is 5.32 Å². The second kappa shape index (κ2) is 9.80. The molecule has 8 nitrogen and oxygen atoms in total. The number of aromatic nitrogens is 1. The van der Waals surface area contributed by atoms with Gasteiger partial charge in [-0.15, -0.1) is 11.3 Å². The van der Waals surface area contributed by atoms with E-state index in [1.165, 1.54) is 27.0 Å². The van der Waals surface area contributed by atoms with Gasteiger partial charge in [-0.25, -0.2) is 4.79 Å². The number of anilines is 1. The van der Waals surface area contributed by atoms with Gasteiger partial charge in [-0.05, 0) is 26.8 Å². The Bertz CT molecular complexity index is 979. The molecule has 30 heavy (non-hydrogen) atoms. The van der Waals surface area contributed by atoms with E-state index in [0.29, 0.717) is 26.7 Å². The van der Waals surface area contributed by atoms with Crippen LogP contribution in [0.25, 0.3) is 10.1 Å². The van der Waals surface area contributed by atoms with Crippen molar-refractivity contribution >= 4 is 50.0 Å². The fourth-order valence-corrected chi connectivity index (χ4v) is 4.09. The third kappa shape index (κ3) is 5.74. The largest absolute Gasteiger partial charge is 0.444 e. The first-order valence-corrected chi connectivity index (χ1v) is 10.9. The first-order valence-electron chi connectivity index (χ1n) is 9.74. The maximum Gasteiger partial charge on any atom is 0.410 e. The first kappa shape index (κ1) is 24.2. The van der Waals surface area contributed by atoms with Crippen LogP contribution in [0.5, 0.6) is 0 Å². The number of pyridine rings is 1. The molecular weight excluding hydrogens is 430 g/mol. The SMILES string of the molecule is CC.Cn1cc(Cl)c2sc(NC(=O)C3CN(C(=O)OC(C)(C)C)CCO3)cc2c1=O. The van der Waals surface area contributed by atoms with Crippen molar-refractivity contribution in [1.82, 2.24) is 9.47 Å². The van der Waals surface area contributed by atoms with Crippen molar-refractivity contribution in [3.63, 3.8) is 0 Å². The molecule has 1 fully saturated rings. The molecule has 0 spiro atoms. The molecule has 1 saturated heterocycles. The Morgan fingerprint density at radius 2 is 2.00 bits per heavy atom. The number of thiophene rings is 1. The predicted molar refractivity (Wildman–Crippen MR) is 120 cm³/mol. The maximum atomic E-state index is 12.6. The van der Waals surface area contributed by atoms with Gasteiger partial charge in [0.25, 0.3) is 11.5 Å². The molecule has 0 saturated carbocycles. The highest BCUT2D eigenvalue weighted by Crippen LogP contribution is 2.33. The minimum atomic E-state index is -0.829. The van der Waals surface area contributed by atoms with Crippen LogP contribution in [0, 0.1) is 0 Å².